The third-order valence-corrected chi connectivity index (χ3v) is 6.41. The number of thiocarbonyl (C=S) groups is 1. The molecule has 3 rings (SSSR count). The third-order valence-electron chi connectivity index (χ3n) is 4.52. The Morgan fingerprint density at radius 1 is 1.16 bits per heavy atom. The van der Waals surface area contributed by atoms with Gasteiger partial charge in [-0.15, -0.1) is 0 Å². The topological polar surface area (TPSA) is 95.9 Å². The molecule has 1 heterocycles. The normalized spacial score (nSPS) is 15.3. The van der Waals surface area contributed by atoms with Crippen molar-refractivity contribution < 1.29 is 24.2 Å². The Balaban J connectivity index is 1.98. The highest BCUT2D eigenvalue weighted by Gasteiger charge is 2.34. The molecule has 0 atom stereocenters. The Morgan fingerprint density at radius 3 is 2.39 bits per heavy atom. The largest absolute Gasteiger partial charge is 0.480 e. The van der Waals surface area contributed by atoms with E-state index >= 15 is 0 Å². The minimum atomic E-state index is -1.08. The number of aryl methyl sites for hydroxylation is 2. The predicted molar refractivity (Wildman–Crippen MR) is 137 cm³/mol. The Bertz CT molecular complexity index is 1140. The number of nitrogens with one attached hydrogen (secondary N) is 1. The molecule has 0 bridgehead atoms. The molecule has 0 unspecified atom stereocenters. The van der Waals surface area contributed by atoms with Crippen molar-refractivity contribution in [3.8, 4) is 5.75 Å². The maximum Gasteiger partial charge on any atom is 0.341 e. The Labute approximate surface area is 211 Å². The van der Waals surface area contributed by atoms with Gasteiger partial charge in [-0.25, -0.2) is 4.79 Å². The van der Waals surface area contributed by atoms with Crippen LogP contribution in [0.5, 0.6) is 5.75 Å². The predicted octanol–water partition coefficient (Wildman–Crippen LogP) is 3.81. The van der Waals surface area contributed by atoms with Crippen molar-refractivity contribution in [3.05, 3.63) is 59.7 Å². The zero-order valence-electron chi connectivity index (χ0n) is 16.4. The number of carboxylic acid groups (broad SMARTS) is 1. The van der Waals surface area contributed by atoms with Gasteiger partial charge in [0.15, 0.2) is 11.7 Å². The number of rotatable bonds is 5. The Hall–Kier alpha value is -2.06. The third kappa shape index (κ3) is 5.23. The molecule has 2 aromatic carbocycles. The van der Waals surface area contributed by atoms with Crippen molar-refractivity contribution >= 4 is 92.1 Å². The summed E-state index contributed by atoms with van der Waals surface area (Å²) < 4.78 is 6.63. The number of benzene rings is 2. The van der Waals surface area contributed by atoms with E-state index in [9.17, 15) is 14.4 Å². The Morgan fingerprint density at radius 2 is 1.81 bits per heavy atom. The number of ether oxygens (including phenoxy) is 1. The van der Waals surface area contributed by atoms with E-state index in [1.165, 1.54) is 11.0 Å². The smallest absolute Gasteiger partial charge is 0.341 e. The summed E-state index contributed by atoms with van der Waals surface area (Å²) in [5.41, 5.74) is 3.19. The maximum atomic E-state index is 13.2. The first kappa shape index (κ1) is 23.6. The van der Waals surface area contributed by atoms with Gasteiger partial charge in [-0.1, -0.05) is 6.07 Å². The van der Waals surface area contributed by atoms with Crippen LogP contribution in [-0.2, 0) is 14.4 Å². The average Bonchev–Trinajstić information content (AvgIpc) is 2.67. The van der Waals surface area contributed by atoms with E-state index in [1.807, 2.05) is 71.2 Å². The summed E-state index contributed by atoms with van der Waals surface area (Å²) in [6.07, 6.45) is 1.48. The quantitative estimate of drug-likeness (QED) is 0.219. The van der Waals surface area contributed by atoms with Crippen molar-refractivity contribution in [2.45, 2.75) is 13.8 Å². The second-order valence-corrected chi connectivity index (χ2v) is 9.43. The highest BCUT2D eigenvalue weighted by Crippen LogP contribution is 2.31. The van der Waals surface area contributed by atoms with Crippen molar-refractivity contribution in [2.75, 3.05) is 11.5 Å². The summed E-state index contributed by atoms with van der Waals surface area (Å²) in [5.74, 6) is -1.74. The van der Waals surface area contributed by atoms with Crippen LogP contribution in [0, 0.1) is 21.0 Å². The monoisotopic (exact) mass is 662 g/mol. The summed E-state index contributed by atoms with van der Waals surface area (Å²) in [7, 11) is 0. The molecule has 160 valence electrons. The molecular formula is C21H16I2N2O5S. The minimum absolute atomic E-state index is 0.0250. The van der Waals surface area contributed by atoms with Crippen LogP contribution in [0.1, 0.15) is 16.7 Å². The van der Waals surface area contributed by atoms with Crippen LogP contribution in [0.3, 0.4) is 0 Å². The molecule has 31 heavy (non-hydrogen) atoms. The number of carbonyl (C=O) groups excluding carboxylic acids is 2. The molecule has 0 aliphatic carbocycles. The zero-order valence-corrected chi connectivity index (χ0v) is 21.5. The molecule has 0 radical (unpaired) electrons. The van der Waals surface area contributed by atoms with Crippen molar-refractivity contribution in [1.82, 2.24) is 5.32 Å². The number of carboxylic acids is 1. The fraction of sp³-hybridized carbons (Fsp3) is 0.143. The van der Waals surface area contributed by atoms with Gasteiger partial charge >= 0.3 is 5.97 Å². The van der Waals surface area contributed by atoms with Gasteiger partial charge in [0.05, 0.1) is 12.8 Å². The van der Waals surface area contributed by atoms with Gasteiger partial charge in [-0.3, -0.25) is 19.8 Å². The lowest BCUT2D eigenvalue weighted by Crippen LogP contribution is -2.54. The van der Waals surface area contributed by atoms with Gasteiger partial charge in [0.1, 0.15) is 11.3 Å². The SMILES string of the molecule is Cc1ccc(N2C(=O)/C(=C/c3cc(I)c(OCC(=O)O)c(I)c3)C(=O)NC2=S)cc1C. The highest BCUT2D eigenvalue weighted by molar-refractivity contribution is 14.1. The van der Waals surface area contributed by atoms with E-state index in [4.69, 9.17) is 22.1 Å². The number of anilines is 1. The van der Waals surface area contributed by atoms with Crippen LogP contribution in [0.2, 0.25) is 0 Å². The van der Waals surface area contributed by atoms with Crippen molar-refractivity contribution in [1.29, 1.82) is 0 Å². The number of nitrogens with zero attached hydrogens (tertiary/aromatic N) is 1. The molecule has 2 N–H and O–H groups in total. The molecule has 1 aliphatic rings. The van der Waals surface area contributed by atoms with Crippen LogP contribution in [0.15, 0.2) is 35.9 Å². The van der Waals surface area contributed by atoms with Gasteiger partial charge < -0.3 is 9.84 Å². The molecular weight excluding hydrogens is 646 g/mol. The fourth-order valence-electron chi connectivity index (χ4n) is 2.86. The average molecular weight is 662 g/mol. The molecule has 2 amide bonds. The first-order valence-electron chi connectivity index (χ1n) is 8.91. The van der Waals surface area contributed by atoms with Crippen LogP contribution in [0.25, 0.3) is 6.08 Å². The van der Waals surface area contributed by atoms with Crippen LogP contribution >= 0.6 is 57.4 Å². The van der Waals surface area contributed by atoms with E-state index in [0.717, 1.165) is 11.1 Å². The number of hydrogen-bond donors (Lipinski definition) is 2. The lowest BCUT2D eigenvalue weighted by Gasteiger charge is -2.29. The number of halogens is 2. The molecule has 7 nitrogen and oxygen atoms in total. The number of hydrogen-bond acceptors (Lipinski definition) is 5. The molecule has 0 aromatic heterocycles. The van der Waals surface area contributed by atoms with E-state index in [-0.39, 0.29) is 10.7 Å². The first-order chi connectivity index (χ1) is 14.6. The summed E-state index contributed by atoms with van der Waals surface area (Å²) in [5, 5.41) is 11.4. The molecule has 0 spiro atoms. The second-order valence-electron chi connectivity index (χ2n) is 6.72. The van der Waals surface area contributed by atoms with Gasteiger partial charge in [0.25, 0.3) is 11.8 Å². The van der Waals surface area contributed by atoms with E-state index in [1.54, 1.807) is 18.2 Å². The summed E-state index contributed by atoms with van der Waals surface area (Å²) in [4.78, 5) is 37.8. The first-order valence-corrected chi connectivity index (χ1v) is 11.5. The van der Waals surface area contributed by atoms with Gasteiger partial charge in [0, 0.05) is 0 Å². The van der Waals surface area contributed by atoms with Crippen LogP contribution < -0.4 is 15.0 Å². The summed E-state index contributed by atoms with van der Waals surface area (Å²) >= 11 is 9.28. The molecule has 10 heteroatoms. The maximum absolute atomic E-state index is 13.2. The molecule has 2 aromatic rings. The molecule has 1 fully saturated rings. The van der Waals surface area contributed by atoms with E-state index < -0.39 is 24.4 Å². The standard InChI is InChI=1S/C21H16I2N2O5S/c1-10-3-4-13(5-11(10)2)25-20(29)14(19(28)24-21(25)31)6-12-7-15(22)18(16(23)8-12)30-9-17(26)27/h3-8H,9H2,1-2H3,(H,26,27)(H,24,28,31)/b14-6+. The Kier molecular flexibility index (Phi) is 7.31. The lowest BCUT2D eigenvalue weighted by molar-refractivity contribution is -0.139. The van der Waals surface area contributed by atoms with Crippen molar-refractivity contribution in [2.24, 2.45) is 0 Å². The second kappa shape index (κ2) is 9.61. The number of carbonyl (C=O) groups is 3. The lowest BCUT2D eigenvalue weighted by atomic mass is 10.1. The van der Waals surface area contributed by atoms with Gasteiger partial charge in [-0.05, 0) is 118 Å². The zero-order chi connectivity index (χ0) is 22.9. The van der Waals surface area contributed by atoms with Crippen LogP contribution in [0.4, 0.5) is 5.69 Å². The van der Waals surface area contributed by atoms with Gasteiger partial charge in [0.2, 0.25) is 0 Å². The van der Waals surface area contributed by atoms with E-state index in [0.29, 0.717) is 24.1 Å². The highest BCUT2D eigenvalue weighted by atomic mass is 127. The molecule has 1 saturated heterocycles. The summed E-state index contributed by atoms with van der Waals surface area (Å²) in [6, 6.07) is 8.93. The van der Waals surface area contributed by atoms with Crippen molar-refractivity contribution in [3.63, 3.8) is 0 Å². The van der Waals surface area contributed by atoms with Crippen LogP contribution in [-0.4, -0.2) is 34.6 Å². The fourth-order valence-corrected chi connectivity index (χ4v) is 5.27. The summed E-state index contributed by atoms with van der Waals surface area (Å²) in [6.45, 7) is 3.44. The molecule has 0 saturated carbocycles. The number of amides is 2. The number of aliphatic carboxylic acids is 1. The van der Waals surface area contributed by atoms with Gasteiger partial charge in [-0.2, -0.15) is 0 Å². The minimum Gasteiger partial charge on any atom is -0.480 e. The molecule has 1 aliphatic heterocycles. The van der Waals surface area contributed by atoms with E-state index in [2.05, 4.69) is 5.32 Å².